The van der Waals surface area contributed by atoms with E-state index < -0.39 is 0 Å². The fraction of sp³-hybridized carbons (Fsp3) is 0.556. The van der Waals surface area contributed by atoms with Crippen LogP contribution in [0, 0.1) is 11.8 Å². The lowest BCUT2D eigenvalue weighted by atomic mass is 9.92. The summed E-state index contributed by atoms with van der Waals surface area (Å²) in [5.74, 6) is 1.38. The Hall–Kier alpha value is -0.950. The molecule has 2 amide bonds. The summed E-state index contributed by atoms with van der Waals surface area (Å²) in [5, 5.41) is 6.56. The van der Waals surface area contributed by atoms with Gasteiger partial charge in [0.25, 0.3) is 0 Å². The van der Waals surface area contributed by atoms with Gasteiger partial charge in [0.15, 0.2) is 0 Å². The van der Waals surface area contributed by atoms with Crippen molar-refractivity contribution in [2.45, 2.75) is 29.4 Å². The van der Waals surface area contributed by atoms with Gasteiger partial charge < -0.3 is 15.5 Å². The van der Waals surface area contributed by atoms with Crippen LogP contribution in [0.15, 0.2) is 23.1 Å². The Bertz CT molecular complexity index is 689. The number of fused-ring (bicyclic) bond motifs is 2. The molecule has 0 aromatic heterocycles. The minimum Gasteiger partial charge on any atom is -0.343 e. The number of likely N-dealkylation sites (tertiary alicyclic amines) is 1. The smallest absolute Gasteiger partial charge is 0.238 e. The molecule has 0 aliphatic carbocycles. The third kappa shape index (κ3) is 4.14. The molecule has 2 saturated heterocycles. The summed E-state index contributed by atoms with van der Waals surface area (Å²) >= 11 is 7.44. The molecule has 142 valence electrons. The minimum atomic E-state index is -0.370. The molecule has 2 N–H and O–H groups in total. The molecule has 3 atom stereocenters. The van der Waals surface area contributed by atoms with Crippen molar-refractivity contribution in [3.05, 3.63) is 23.2 Å². The fourth-order valence-electron chi connectivity index (χ4n) is 4.01. The second-order valence-electron chi connectivity index (χ2n) is 7.08. The molecule has 4 rings (SSSR count). The summed E-state index contributed by atoms with van der Waals surface area (Å²) in [6.07, 6.45) is 2.38. The molecule has 3 heterocycles. The number of halogens is 2. The Morgan fingerprint density at radius 1 is 1.23 bits per heavy atom. The van der Waals surface area contributed by atoms with E-state index in [2.05, 4.69) is 10.6 Å². The minimum absolute atomic E-state index is 0. The van der Waals surface area contributed by atoms with Crippen molar-refractivity contribution >= 4 is 53.3 Å². The number of nitrogens with one attached hydrogen (secondary N) is 2. The largest absolute Gasteiger partial charge is 0.343 e. The molecule has 3 aliphatic rings. The average Bonchev–Trinajstić information content (AvgIpc) is 2.94. The van der Waals surface area contributed by atoms with Crippen LogP contribution in [0.3, 0.4) is 0 Å². The monoisotopic (exact) mass is 415 g/mol. The van der Waals surface area contributed by atoms with Crippen LogP contribution in [0.4, 0.5) is 5.69 Å². The van der Waals surface area contributed by atoms with Crippen molar-refractivity contribution in [3.8, 4) is 0 Å². The topological polar surface area (TPSA) is 61.4 Å². The summed E-state index contributed by atoms with van der Waals surface area (Å²) in [6.45, 7) is 3.78. The van der Waals surface area contributed by atoms with Crippen LogP contribution >= 0.6 is 35.8 Å². The van der Waals surface area contributed by atoms with Crippen molar-refractivity contribution in [1.29, 1.82) is 0 Å². The SMILES string of the molecule is Cl.O=C1Nc2cc(Cl)ccc2SC1CC(=O)N1CC[C@@H]2CNC[C@@H]2CC1. The summed E-state index contributed by atoms with van der Waals surface area (Å²) in [7, 11) is 0. The van der Waals surface area contributed by atoms with Crippen LogP contribution in [-0.4, -0.2) is 48.1 Å². The Morgan fingerprint density at radius 3 is 2.62 bits per heavy atom. The number of nitrogens with zero attached hydrogens (tertiary/aromatic N) is 1. The van der Waals surface area contributed by atoms with E-state index in [1.54, 1.807) is 6.07 Å². The molecule has 2 fully saturated rings. The van der Waals surface area contributed by atoms with Gasteiger partial charge in [-0.1, -0.05) is 11.6 Å². The Morgan fingerprint density at radius 2 is 1.92 bits per heavy atom. The summed E-state index contributed by atoms with van der Waals surface area (Å²) in [6, 6.07) is 5.46. The number of anilines is 1. The molecule has 1 aromatic carbocycles. The molecule has 0 saturated carbocycles. The first-order valence-electron chi connectivity index (χ1n) is 8.86. The van der Waals surface area contributed by atoms with Crippen molar-refractivity contribution in [3.63, 3.8) is 0 Å². The number of rotatable bonds is 2. The van der Waals surface area contributed by atoms with E-state index in [0.29, 0.717) is 16.9 Å². The van der Waals surface area contributed by atoms with Gasteiger partial charge in [-0.15, -0.1) is 24.2 Å². The molecule has 26 heavy (non-hydrogen) atoms. The van der Waals surface area contributed by atoms with Crippen molar-refractivity contribution < 1.29 is 9.59 Å². The molecule has 8 heteroatoms. The average molecular weight is 416 g/mol. The zero-order valence-corrected chi connectivity index (χ0v) is 16.8. The first-order chi connectivity index (χ1) is 12.1. The van der Waals surface area contributed by atoms with E-state index in [9.17, 15) is 9.59 Å². The third-order valence-electron chi connectivity index (χ3n) is 5.49. The zero-order chi connectivity index (χ0) is 17.4. The van der Waals surface area contributed by atoms with Crippen LogP contribution in [0.5, 0.6) is 0 Å². The van der Waals surface area contributed by atoms with Crippen LogP contribution in [0.25, 0.3) is 0 Å². The van der Waals surface area contributed by atoms with Gasteiger partial charge in [0, 0.05) is 29.4 Å². The lowest BCUT2D eigenvalue weighted by Crippen LogP contribution is -2.38. The number of carbonyl (C=O) groups is 2. The number of hydrogen-bond acceptors (Lipinski definition) is 4. The van der Waals surface area contributed by atoms with Gasteiger partial charge in [0.2, 0.25) is 11.8 Å². The van der Waals surface area contributed by atoms with Gasteiger partial charge in [-0.25, -0.2) is 0 Å². The molecular weight excluding hydrogens is 393 g/mol. The van der Waals surface area contributed by atoms with Crippen molar-refractivity contribution in [1.82, 2.24) is 10.2 Å². The quantitative estimate of drug-likeness (QED) is 0.778. The van der Waals surface area contributed by atoms with E-state index >= 15 is 0 Å². The van der Waals surface area contributed by atoms with E-state index in [0.717, 1.165) is 49.6 Å². The van der Waals surface area contributed by atoms with E-state index in [4.69, 9.17) is 11.6 Å². The number of hydrogen-bond donors (Lipinski definition) is 2. The van der Waals surface area contributed by atoms with Gasteiger partial charge in [0.1, 0.15) is 0 Å². The second kappa shape index (κ2) is 8.38. The van der Waals surface area contributed by atoms with Gasteiger partial charge in [-0.05, 0) is 56.0 Å². The highest BCUT2D eigenvalue weighted by Gasteiger charge is 2.34. The standard InChI is InChI=1S/C18H22ClN3O2S.ClH/c19-13-1-2-15-14(7-13)21-18(24)16(25-15)8-17(23)22-5-3-11-9-20-10-12(11)4-6-22;/h1-2,7,11-12,16,20H,3-6,8-10H2,(H,21,24);1H/t11-,12+,16?;. The number of benzene rings is 1. The Balaban J connectivity index is 0.00000196. The van der Waals surface area contributed by atoms with Gasteiger partial charge in [0.05, 0.1) is 10.9 Å². The van der Waals surface area contributed by atoms with E-state index in [-0.39, 0.29) is 35.9 Å². The summed E-state index contributed by atoms with van der Waals surface area (Å²) in [5.41, 5.74) is 0.737. The predicted octanol–water partition coefficient (Wildman–Crippen LogP) is 3.02. The molecule has 1 aromatic rings. The molecule has 0 bridgehead atoms. The highest BCUT2D eigenvalue weighted by molar-refractivity contribution is 8.01. The molecule has 1 unspecified atom stereocenters. The molecule has 0 spiro atoms. The zero-order valence-electron chi connectivity index (χ0n) is 14.4. The number of thioether (sulfide) groups is 1. The van der Waals surface area contributed by atoms with Crippen LogP contribution in [0.2, 0.25) is 5.02 Å². The Kier molecular flexibility index (Phi) is 6.38. The van der Waals surface area contributed by atoms with Crippen LogP contribution in [0.1, 0.15) is 19.3 Å². The maximum absolute atomic E-state index is 12.7. The molecule has 3 aliphatic heterocycles. The predicted molar refractivity (Wildman–Crippen MR) is 107 cm³/mol. The van der Waals surface area contributed by atoms with Crippen LogP contribution in [-0.2, 0) is 9.59 Å². The Labute approximate surface area is 169 Å². The molecule has 0 radical (unpaired) electrons. The molecular formula is C18H23Cl2N3O2S. The van der Waals surface area contributed by atoms with E-state index in [1.807, 2.05) is 17.0 Å². The maximum Gasteiger partial charge on any atom is 0.238 e. The third-order valence-corrected chi connectivity index (χ3v) is 7.00. The number of amides is 2. The number of carbonyl (C=O) groups excluding carboxylic acids is 2. The lowest BCUT2D eigenvalue weighted by molar-refractivity contribution is -0.132. The first kappa shape index (κ1) is 19.8. The van der Waals surface area contributed by atoms with Gasteiger partial charge in [-0.3, -0.25) is 9.59 Å². The van der Waals surface area contributed by atoms with Crippen molar-refractivity contribution in [2.24, 2.45) is 11.8 Å². The first-order valence-corrected chi connectivity index (χ1v) is 10.1. The van der Waals surface area contributed by atoms with Crippen LogP contribution < -0.4 is 10.6 Å². The fourth-order valence-corrected chi connectivity index (χ4v) is 5.27. The highest BCUT2D eigenvalue weighted by Crippen LogP contribution is 2.38. The van der Waals surface area contributed by atoms with Gasteiger partial charge >= 0.3 is 0 Å². The maximum atomic E-state index is 12.7. The normalized spacial score (nSPS) is 27.7. The second-order valence-corrected chi connectivity index (χ2v) is 8.76. The summed E-state index contributed by atoms with van der Waals surface area (Å²) < 4.78 is 0. The lowest BCUT2D eigenvalue weighted by Gasteiger charge is -2.27. The highest BCUT2D eigenvalue weighted by atomic mass is 35.5. The summed E-state index contributed by atoms with van der Waals surface area (Å²) in [4.78, 5) is 28.0. The van der Waals surface area contributed by atoms with Crippen molar-refractivity contribution in [2.75, 3.05) is 31.5 Å². The van der Waals surface area contributed by atoms with E-state index in [1.165, 1.54) is 11.8 Å². The molecule has 5 nitrogen and oxygen atoms in total. The van der Waals surface area contributed by atoms with Gasteiger partial charge in [-0.2, -0.15) is 0 Å².